The quantitative estimate of drug-likeness (QED) is 0.351. The Morgan fingerprint density at radius 1 is 1.03 bits per heavy atom. The third-order valence-electron chi connectivity index (χ3n) is 4.97. The van der Waals surface area contributed by atoms with E-state index in [1.165, 1.54) is 43.5 Å². The Morgan fingerprint density at radius 3 is 2.24 bits per heavy atom. The molecule has 0 saturated carbocycles. The number of hydrogen-bond acceptors (Lipinski definition) is 7. The topological polar surface area (TPSA) is 131 Å². The highest BCUT2D eigenvalue weighted by Gasteiger charge is 2.20. The first-order chi connectivity index (χ1) is 16.1. The number of hydrogen-bond donors (Lipinski definition) is 2. The molecule has 3 aromatic carbocycles. The molecule has 0 aliphatic carbocycles. The van der Waals surface area contributed by atoms with Crippen LogP contribution in [0.15, 0.2) is 71.6 Å². The van der Waals surface area contributed by atoms with E-state index in [1.54, 1.807) is 0 Å². The van der Waals surface area contributed by atoms with Crippen LogP contribution in [0.2, 0.25) is 0 Å². The van der Waals surface area contributed by atoms with Crippen molar-refractivity contribution in [2.45, 2.75) is 11.4 Å². The zero-order valence-corrected chi connectivity index (χ0v) is 19.6. The third kappa shape index (κ3) is 5.81. The maximum absolute atomic E-state index is 12.8. The lowest BCUT2D eigenvalue weighted by molar-refractivity contribution is -0.384. The number of anilines is 2. The molecule has 0 aliphatic heterocycles. The number of non-ortho nitro benzene ring substituents is 1. The molecular weight excluding hydrogens is 460 g/mol. The summed E-state index contributed by atoms with van der Waals surface area (Å²) in [6.45, 7) is 0.320. The van der Waals surface area contributed by atoms with Crippen molar-refractivity contribution in [1.29, 1.82) is 0 Å². The summed E-state index contributed by atoms with van der Waals surface area (Å²) in [6, 6.07) is 16.7. The van der Waals surface area contributed by atoms with E-state index in [2.05, 4.69) is 10.0 Å². The minimum atomic E-state index is -4.09. The highest BCUT2D eigenvalue weighted by molar-refractivity contribution is 7.92. The van der Waals surface area contributed by atoms with Gasteiger partial charge in [-0.1, -0.05) is 12.1 Å². The molecular formula is C23H24N4O6S. The highest BCUT2D eigenvalue weighted by Crippen LogP contribution is 2.30. The van der Waals surface area contributed by atoms with E-state index in [4.69, 9.17) is 4.74 Å². The molecule has 0 unspecified atom stereocenters. The summed E-state index contributed by atoms with van der Waals surface area (Å²) in [4.78, 5) is 24.7. The zero-order valence-electron chi connectivity index (χ0n) is 18.8. The van der Waals surface area contributed by atoms with Gasteiger partial charge in [0, 0.05) is 44.0 Å². The number of nitrogens with zero attached hydrogens (tertiary/aromatic N) is 2. The Morgan fingerprint density at radius 2 is 1.68 bits per heavy atom. The molecule has 0 bridgehead atoms. The lowest BCUT2D eigenvalue weighted by atomic mass is 10.2. The molecule has 0 heterocycles. The van der Waals surface area contributed by atoms with Gasteiger partial charge in [-0.15, -0.1) is 0 Å². The van der Waals surface area contributed by atoms with Crippen LogP contribution in [0.3, 0.4) is 0 Å². The van der Waals surface area contributed by atoms with Crippen molar-refractivity contribution >= 4 is 33.0 Å². The molecule has 3 aromatic rings. The van der Waals surface area contributed by atoms with Crippen LogP contribution in [0.4, 0.5) is 17.1 Å². The molecule has 0 atom stereocenters. The molecule has 0 saturated heterocycles. The van der Waals surface area contributed by atoms with Crippen molar-refractivity contribution < 1.29 is 22.9 Å². The van der Waals surface area contributed by atoms with Gasteiger partial charge in [-0.05, 0) is 48.0 Å². The second kappa shape index (κ2) is 10.2. The number of nitrogens with one attached hydrogen (secondary N) is 2. The first-order valence-electron chi connectivity index (χ1n) is 10.1. The number of methoxy groups -OCH3 is 1. The van der Waals surface area contributed by atoms with Crippen molar-refractivity contribution in [3.05, 3.63) is 88.0 Å². The van der Waals surface area contributed by atoms with Gasteiger partial charge in [-0.2, -0.15) is 0 Å². The maximum atomic E-state index is 12.8. The zero-order chi connectivity index (χ0) is 24.9. The molecule has 0 fully saturated rings. The highest BCUT2D eigenvalue weighted by atomic mass is 32.2. The van der Waals surface area contributed by atoms with Gasteiger partial charge in [0.05, 0.1) is 22.6 Å². The van der Waals surface area contributed by atoms with Gasteiger partial charge in [0.25, 0.3) is 21.6 Å². The van der Waals surface area contributed by atoms with Crippen LogP contribution in [0.1, 0.15) is 15.9 Å². The lowest BCUT2D eigenvalue weighted by Gasteiger charge is -2.13. The fourth-order valence-corrected chi connectivity index (χ4v) is 4.14. The Labute approximate surface area is 197 Å². The van der Waals surface area contributed by atoms with Crippen molar-refractivity contribution in [1.82, 2.24) is 5.32 Å². The number of nitro groups is 1. The van der Waals surface area contributed by atoms with Crippen LogP contribution < -0.4 is 19.7 Å². The first-order valence-corrected chi connectivity index (χ1v) is 11.6. The van der Waals surface area contributed by atoms with E-state index in [1.807, 2.05) is 43.3 Å². The second-order valence-electron chi connectivity index (χ2n) is 7.52. The Kier molecular flexibility index (Phi) is 7.37. The number of ether oxygens (including phenoxy) is 1. The molecule has 0 radical (unpaired) electrons. The number of sulfonamides is 1. The van der Waals surface area contributed by atoms with E-state index in [-0.39, 0.29) is 33.5 Å². The van der Waals surface area contributed by atoms with Gasteiger partial charge in [-0.25, -0.2) is 8.42 Å². The standard InChI is InChI=1S/C23H24N4O6S/c1-26(2)18-8-4-16(5-9-18)15-24-23(28)17-6-11-20(12-7-17)34(31,32)25-21-14-19(27(29)30)10-13-22(21)33-3/h4-14,25H,15H2,1-3H3,(H,24,28). The molecule has 0 spiro atoms. The van der Waals surface area contributed by atoms with Crippen molar-refractivity contribution in [3.8, 4) is 5.75 Å². The lowest BCUT2D eigenvalue weighted by Crippen LogP contribution is -2.23. The van der Waals surface area contributed by atoms with Gasteiger partial charge in [-0.3, -0.25) is 19.6 Å². The molecule has 2 N–H and O–H groups in total. The van der Waals surface area contributed by atoms with Crippen LogP contribution in [0, 0.1) is 10.1 Å². The molecule has 0 aliphatic rings. The van der Waals surface area contributed by atoms with E-state index in [0.717, 1.165) is 17.3 Å². The normalized spacial score (nSPS) is 10.9. The average Bonchev–Trinajstić information content (AvgIpc) is 2.82. The summed E-state index contributed by atoms with van der Waals surface area (Å²) in [5, 5.41) is 13.8. The van der Waals surface area contributed by atoms with Crippen LogP contribution in [0.5, 0.6) is 5.75 Å². The SMILES string of the molecule is COc1ccc([N+](=O)[O-])cc1NS(=O)(=O)c1ccc(C(=O)NCc2ccc(N(C)C)cc2)cc1. The molecule has 3 rings (SSSR count). The average molecular weight is 485 g/mol. The van der Waals surface area contributed by atoms with Gasteiger partial charge in [0.1, 0.15) is 5.75 Å². The van der Waals surface area contributed by atoms with Gasteiger partial charge >= 0.3 is 0 Å². The van der Waals surface area contributed by atoms with E-state index >= 15 is 0 Å². The molecule has 1 amide bonds. The van der Waals surface area contributed by atoms with E-state index < -0.39 is 14.9 Å². The van der Waals surface area contributed by atoms with Crippen LogP contribution >= 0.6 is 0 Å². The summed E-state index contributed by atoms with van der Waals surface area (Å²) in [5.41, 5.74) is 1.90. The fourth-order valence-electron chi connectivity index (χ4n) is 3.07. The van der Waals surface area contributed by atoms with Crippen LogP contribution in [-0.4, -0.2) is 40.5 Å². The van der Waals surface area contributed by atoms with Crippen molar-refractivity contribution in [3.63, 3.8) is 0 Å². The van der Waals surface area contributed by atoms with E-state index in [0.29, 0.717) is 6.54 Å². The fraction of sp³-hybridized carbons (Fsp3) is 0.174. The maximum Gasteiger partial charge on any atom is 0.271 e. The smallest absolute Gasteiger partial charge is 0.271 e. The Hall–Kier alpha value is -4.12. The number of amides is 1. The monoisotopic (exact) mass is 484 g/mol. The summed E-state index contributed by atoms with van der Waals surface area (Å²) in [7, 11) is 1.12. The minimum absolute atomic E-state index is 0.0706. The minimum Gasteiger partial charge on any atom is -0.495 e. The Balaban J connectivity index is 1.70. The van der Waals surface area contributed by atoms with Crippen molar-refractivity contribution in [2.24, 2.45) is 0 Å². The molecule has 178 valence electrons. The summed E-state index contributed by atoms with van der Waals surface area (Å²) >= 11 is 0. The van der Waals surface area contributed by atoms with Crippen LogP contribution in [-0.2, 0) is 16.6 Å². The predicted molar refractivity (Wildman–Crippen MR) is 129 cm³/mol. The largest absolute Gasteiger partial charge is 0.495 e. The number of benzene rings is 3. The number of rotatable bonds is 9. The third-order valence-corrected chi connectivity index (χ3v) is 6.35. The van der Waals surface area contributed by atoms with Gasteiger partial charge in [0.15, 0.2) is 0 Å². The molecule has 11 heteroatoms. The van der Waals surface area contributed by atoms with Gasteiger partial charge in [0.2, 0.25) is 0 Å². The first kappa shape index (κ1) is 24.5. The number of carbonyl (C=O) groups is 1. The van der Waals surface area contributed by atoms with Crippen molar-refractivity contribution in [2.75, 3.05) is 30.8 Å². The molecule has 0 aromatic heterocycles. The summed E-state index contributed by atoms with van der Waals surface area (Å²) in [6.07, 6.45) is 0. The number of carbonyl (C=O) groups excluding carboxylic acids is 1. The summed E-state index contributed by atoms with van der Waals surface area (Å²) < 4.78 is 32.9. The second-order valence-corrected chi connectivity index (χ2v) is 9.20. The number of nitro benzene ring substituents is 1. The Bertz CT molecular complexity index is 1290. The van der Waals surface area contributed by atoms with E-state index in [9.17, 15) is 23.3 Å². The molecule has 34 heavy (non-hydrogen) atoms. The summed E-state index contributed by atoms with van der Waals surface area (Å²) in [5.74, 6) is -0.224. The molecule has 10 nitrogen and oxygen atoms in total. The van der Waals surface area contributed by atoms with Crippen LogP contribution in [0.25, 0.3) is 0 Å². The predicted octanol–water partition coefficient (Wildman–Crippen LogP) is 3.40. The van der Waals surface area contributed by atoms with Gasteiger partial charge < -0.3 is 15.0 Å².